The van der Waals surface area contributed by atoms with E-state index in [2.05, 4.69) is 11.1 Å². The van der Waals surface area contributed by atoms with Crippen LogP contribution < -0.4 is 0 Å². The third-order valence-electron chi connectivity index (χ3n) is 3.27. The molecule has 0 N–H and O–H groups in total. The Kier molecular flexibility index (Phi) is 3.76. The highest BCUT2D eigenvalue weighted by Crippen LogP contribution is 2.31. The standard InChI is InChI=1S/C15H16ClNO2/c1-8-5-9(2)14-11(10(3)15(18)19-4)7-13(16)17-12(14)6-8/h5-7,10H,1-4H3. The number of aromatic nitrogens is 1. The van der Waals surface area contributed by atoms with Gasteiger partial charge in [-0.25, -0.2) is 4.98 Å². The predicted molar refractivity (Wildman–Crippen MR) is 76.7 cm³/mol. The highest BCUT2D eigenvalue weighted by atomic mass is 35.5. The normalized spacial score (nSPS) is 12.5. The van der Waals surface area contributed by atoms with E-state index < -0.39 is 0 Å². The average molecular weight is 278 g/mol. The summed E-state index contributed by atoms with van der Waals surface area (Å²) >= 11 is 6.06. The Bertz CT molecular complexity index is 647. The maximum atomic E-state index is 11.8. The van der Waals surface area contributed by atoms with Gasteiger partial charge in [0, 0.05) is 5.39 Å². The maximum Gasteiger partial charge on any atom is 0.312 e. The van der Waals surface area contributed by atoms with E-state index in [1.807, 2.05) is 26.8 Å². The van der Waals surface area contributed by atoms with Crippen LogP contribution in [0.15, 0.2) is 18.2 Å². The molecular formula is C15H16ClNO2. The number of methoxy groups -OCH3 is 1. The number of fused-ring (bicyclic) bond motifs is 1. The molecule has 2 aromatic rings. The number of halogens is 1. The van der Waals surface area contributed by atoms with Crippen LogP contribution in [0.25, 0.3) is 10.9 Å². The molecule has 1 heterocycles. The highest BCUT2D eigenvalue weighted by Gasteiger charge is 2.20. The first-order valence-corrected chi connectivity index (χ1v) is 6.47. The van der Waals surface area contributed by atoms with Gasteiger partial charge in [-0.3, -0.25) is 4.79 Å². The van der Waals surface area contributed by atoms with E-state index in [1.165, 1.54) is 7.11 Å². The van der Waals surface area contributed by atoms with Crippen molar-refractivity contribution < 1.29 is 9.53 Å². The van der Waals surface area contributed by atoms with Crippen LogP contribution in [-0.2, 0) is 9.53 Å². The van der Waals surface area contributed by atoms with E-state index in [9.17, 15) is 4.79 Å². The monoisotopic (exact) mass is 277 g/mol. The van der Waals surface area contributed by atoms with Crippen LogP contribution in [0.5, 0.6) is 0 Å². The Balaban J connectivity index is 2.76. The number of hydrogen-bond donors (Lipinski definition) is 0. The summed E-state index contributed by atoms with van der Waals surface area (Å²) in [5.74, 6) is -0.641. The summed E-state index contributed by atoms with van der Waals surface area (Å²) in [6.45, 7) is 5.84. The average Bonchev–Trinajstić information content (AvgIpc) is 2.34. The summed E-state index contributed by atoms with van der Waals surface area (Å²) in [4.78, 5) is 16.1. The van der Waals surface area contributed by atoms with E-state index in [1.54, 1.807) is 6.07 Å². The van der Waals surface area contributed by atoms with Gasteiger partial charge in [0.1, 0.15) is 5.15 Å². The van der Waals surface area contributed by atoms with Gasteiger partial charge < -0.3 is 4.74 Å². The first-order valence-electron chi connectivity index (χ1n) is 6.09. The van der Waals surface area contributed by atoms with E-state index in [4.69, 9.17) is 16.3 Å². The zero-order valence-corrected chi connectivity index (χ0v) is 12.2. The lowest BCUT2D eigenvalue weighted by atomic mass is 9.94. The lowest BCUT2D eigenvalue weighted by molar-refractivity contribution is -0.141. The molecule has 3 nitrogen and oxygen atoms in total. The van der Waals surface area contributed by atoms with Crippen LogP contribution in [0.4, 0.5) is 0 Å². The van der Waals surface area contributed by atoms with Crippen molar-refractivity contribution in [3.05, 3.63) is 40.0 Å². The minimum Gasteiger partial charge on any atom is -0.469 e. The third kappa shape index (κ3) is 2.56. The van der Waals surface area contributed by atoms with Gasteiger partial charge >= 0.3 is 5.97 Å². The number of carbonyl (C=O) groups excluding carboxylic acids is 1. The van der Waals surface area contributed by atoms with E-state index in [-0.39, 0.29) is 11.9 Å². The molecule has 0 fully saturated rings. The third-order valence-corrected chi connectivity index (χ3v) is 3.46. The Labute approximate surface area is 117 Å². The van der Waals surface area contributed by atoms with E-state index in [0.29, 0.717) is 5.15 Å². The summed E-state index contributed by atoms with van der Waals surface area (Å²) in [5, 5.41) is 1.37. The number of carbonyl (C=O) groups is 1. The van der Waals surface area contributed by atoms with Gasteiger partial charge in [-0.05, 0) is 49.6 Å². The summed E-state index contributed by atoms with van der Waals surface area (Å²) < 4.78 is 4.82. The molecule has 2 rings (SSSR count). The second-order valence-corrected chi connectivity index (χ2v) is 5.14. The first kappa shape index (κ1) is 13.8. The fourth-order valence-electron chi connectivity index (χ4n) is 2.40. The van der Waals surface area contributed by atoms with Crippen molar-refractivity contribution in [3.63, 3.8) is 0 Å². The first-order chi connectivity index (χ1) is 8.93. The van der Waals surface area contributed by atoms with Gasteiger partial charge in [-0.15, -0.1) is 0 Å². The second kappa shape index (κ2) is 5.17. The summed E-state index contributed by atoms with van der Waals surface area (Å²) in [6.07, 6.45) is 0. The number of hydrogen-bond acceptors (Lipinski definition) is 3. The van der Waals surface area contributed by atoms with Crippen LogP contribution in [0.1, 0.15) is 29.5 Å². The topological polar surface area (TPSA) is 39.2 Å². The molecule has 0 bridgehead atoms. The van der Waals surface area contributed by atoms with Crippen LogP contribution in [-0.4, -0.2) is 18.1 Å². The molecule has 1 unspecified atom stereocenters. The Morgan fingerprint density at radius 3 is 2.63 bits per heavy atom. The van der Waals surface area contributed by atoms with Crippen molar-refractivity contribution in [1.82, 2.24) is 4.98 Å². The van der Waals surface area contributed by atoms with Crippen molar-refractivity contribution in [1.29, 1.82) is 0 Å². The maximum absolute atomic E-state index is 11.8. The molecule has 19 heavy (non-hydrogen) atoms. The zero-order chi connectivity index (χ0) is 14.2. The zero-order valence-electron chi connectivity index (χ0n) is 11.5. The summed E-state index contributed by atoms with van der Waals surface area (Å²) in [6, 6.07) is 5.79. The number of ether oxygens (including phenoxy) is 1. The molecule has 0 spiro atoms. The lowest BCUT2D eigenvalue weighted by Gasteiger charge is -2.15. The smallest absolute Gasteiger partial charge is 0.312 e. The van der Waals surface area contributed by atoms with Crippen LogP contribution >= 0.6 is 11.6 Å². The molecule has 0 radical (unpaired) electrons. The summed E-state index contributed by atoms with van der Waals surface area (Å²) in [7, 11) is 1.39. The molecular weight excluding hydrogens is 262 g/mol. The number of nitrogens with zero attached hydrogens (tertiary/aromatic N) is 1. The highest BCUT2D eigenvalue weighted by molar-refractivity contribution is 6.30. The molecule has 0 saturated carbocycles. The minimum absolute atomic E-state index is 0.274. The number of aryl methyl sites for hydroxylation is 2. The van der Waals surface area contributed by atoms with Crippen molar-refractivity contribution in [2.45, 2.75) is 26.7 Å². The van der Waals surface area contributed by atoms with Gasteiger partial charge in [-0.1, -0.05) is 17.7 Å². The molecule has 1 aromatic carbocycles. The van der Waals surface area contributed by atoms with Gasteiger partial charge in [0.15, 0.2) is 0 Å². The van der Waals surface area contributed by atoms with Gasteiger partial charge in [0.25, 0.3) is 0 Å². The Morgan fingerprint density at radius 1 is 1.32 bits per heavy atom. The van der Waals surface area contributed by atoms with Crippen molar-refractivity contribution in [3.8, 4) is 0 Å². The van der Waals surface area contributed by atoms with Crippen LogP contribution in [0.3, 0.4) is 0 Å². The molecule has 1 atom stereocenters. The molecule has 100 valence electrons. The SMILES string of the molecule is COC(=O)C(C)c1cc(Cl)nc2cc(C)cc(C)c12. The van der Waals surface area contributed by atoms with Gasteiger partial charge in [0.2, 0.25) is 0 Å². The second-order valence-electron chi connectivity index (χ2n) is 4.75. The number of benzene rings is 1. The van der Waals surface area contributed by atoms with E-state index in [0.717, 1.165) is 27.6 Å². The number of rotatable bonds is 2. The molecule has 0 aliphatic carbocycles. The predicted octanol–water partition coefficient (Wildman–Crippen LogP) is 3.78. The molecule has 1 aromatic heterocycles. The van der Waals surface area contributed by atoms with E-state index >= 15 is 0 Å². The fourth-order valence-corrected chi connectivity index (χ4v) is 2.61. The van der Waals surface area contributed by atoms with Crippen molar-refractivity contribution >= 4 is 28.5 Å². The number of esters is 1. The Morgan fingerprint density at radius 2 is 2.00 bits per heavy atom. The molecule has 0 saturated heterocycles. The lowest BCUT2D eigenvalue weighted by Crippen LogP contribution is -2.12. The van der Waals surface area contributed by atoms with Crippen LogP contribution in [0, 0.1) is 13.8 Å². The van der Waals surface area contributed by atoms with Gasteiger partial charge in [0.05, 0.1) is 18.5 Å². The summed E-state index contributed by atoms with van der Waals surface area (Å²) in [5.41, 5.74) is 3.89. The quantitative estimate of drug-likeness (QED) is 0.619. The minimum atomic E-state index is -0.366. The molecule has 0 aliphatic heterocycles. The van der Waals surface area contributed by atoms with Crippen molar-refractivity contribution in [2.24, 2.45) is 0 Å². The van der Waals surface area contributed by atoms with Crippen molar-refractivity contribution in [2.75, 3.05) is 7.11 Å². The fraction of sp³-hybridized carbons (Fsp3) is 0.333. The number of pyridine rings is 1. The molecule has 0 amide bonds. The molecule has 4 heteroatoms. The van der Waals surface area contributed by atoms with Gasteiger partial charge in [-0.2, -0.15) is 0 Å². The Hall–Kier alpha value is -1.61. The van der Waals surface area contributed by atoms with Crippen LogP contribution in [0.2, 0.25) is 5.15 Å². The largest absolute Gasteiger partial charge is 0.469 e. The molecule has 0 aliphatic rings.